The average Bonchev–Trinajstić information content (AvgIpc) is 2.58. The van der Waals surface area contributed by atoms with Crippen LogP contribution in [0.1, 0.15) is 40.7 Å². The largest absolute Gasteiger partial charge is 0.462 e. The highest BCUT2D eigenvalue weighted by Crippen LogP contribution is 2.39. The number of carbonyl (C=O) groups is 2. The Hall–Kier alpha value is -3.10. The lowest BCUT2D eigenvalue weighted by Gasteiger charge is -2.25. The Morgan fingerprint density at radius 1 is 1.27 bits per heavy atom. The van der Waals surface area contributed by atoms with Crippen LogP contribution in [0.25, 0.3) is 0 Å². The van der Waals surface area contributed by atoms with E-state index in [2.05, 4.69) is 4.98 Å². The number of nitrogens with one attached hydrogen (secondary N) is 1. The van der Waals surface area contributed by atoms with Gasteiger partial charge in [-0.05, 0) is 24.6 Å². The number of rotatable bonds is 3. The zero-order valence-electron chi connectivity index (χ0n) is 13.4. The van der Waals surface area contributed by atoms with Crippen molar-refractivity contribution in [2.45, 2.75) is 19.3 Å². The van der Waals surface area contributed by atoms with Crippen LogP contribution in [0.5, 0.6) is 5.75 Å². The number of hydrogen-bond acceptors (Lipinski definition) is 5. The molecule has 3 rings (SSSR count). The van der Waals surface area contributed by atoms with Crippen molar-refractivity contribution in [1.29, 1.82) is 0 Å². The molecule has 1 atom stereocenters. The minimum absolute atomic E-state index is 0.0402. The molecule has 1 aliphatic rings. The van der Waals surface area contributed by atoms with E-state index >= 15 is 0 Å². The zero-order valence-corrected chi connectivity index (χ0v) is 13.4. The molecule has 2 heterocycles. The van der Waals surface area contributed by atoms with Crippen molar-refractivity contribution in [3.8, 4) is 5.75 Å². The van der Waals surface area contributed by atoms with Crippen LogP contribution >= 0.6 is 0 Å². The van der Waals surface area contributed by atoms with E-state index in [-0.39, 0.29) is 29.0 Å². The van der Waals surface area contributed by atoms with Crippen LogP contribution in [-0.4, -0.2) is 23.5 Å². The molecule has 0 bridgehead atoms. The number of aromatic nitrogens is 1. The van der Waals surface area contributed by atoms with Gasteiger partial charge in [-0.2, -0.15) is 0 Å². The van der Waals surface area contributed by atoms with Crippen LogP contribution in [0, 0.1) is 17.5 Å². The molecule has 0 spiro atoms. The Labute approximate surface area is 144 Å². The molecule has 136 valence electrons. The number of H-pyrrole nitrogens is 1. The fourth-order valence-corrected chi connectivity index (χ4v) is 2.80. The Morgan fingerprint density at radius 2 is 1.92 bits per heavy atom. The van der Waals surface area contributed by atoms with E-state index in [0.29, 0.717) is 12.1 Å². The van der Waals surface area contributed by atoms with Crippen LogP contribution in [0.3, 0.4) is 0 Å². The van der Waals surface area contributed by atoms with Gasteiger partial charge in [0.05, 0.1) is 18.6 Å². The van der Waals surface area contributed by atoms with Crippen molar-refractivity contribution in [2.75, 3.05) is 6.61 Å². The molecular weight excluding hydrogens is 355 g/mol. The second-order valence-electron chi connectivity index (χ2n) is 5.52. The van der Waals surface area contributed by atoms with E-state index in [0.717, 1.165) is 6.20 Å². The number of hydrogen-bond donors (Lipinski definition) is 1. The molecule has 1 aromatic carbocycles. The molecule has 26 heavy (non-hydrogen) atoms. The van der Waals surface area contributed by atoms with Gasteiger partial charge in [-0.25, -0.2) is 18.0 Å². The van der Waals surface area contributed by atoms with E-state index in [1.54, 1.807) is 6.92 Å². The van der Waals surface area contributed by atoms with Gasteiger partial charge in [-0.15, -0.1) is 0 Å². The van der Waals surface area contributed by atoms with E-state index in [1.165, 1.54) is 0 Å². The van der Waals surface area contributed by atoms with Crippen molar-refractivity contribution in [3.05, 3.63) is 62.8 Å². The molecular formula is C17H12F3NO5. The smallest absolute Gasteiger partial charge is 0.343 e. The molecule has 1 aliphatic heterocycles. The maximum Gasteiger partial charge on any atom is 0.343 e. The first-order valence-corrected chi connectivity index (χ1v) is 7.61. The number of aromatic amines is 1. The lowest BCUT2D eigenvalue weighted by molar-refractivity contribution is -0.135. The molecule has 1 aromatic heterocycles. The molecule has 2 aromatic rings. The number of pyridine rings is 1. The van der Waals surface area contributed by atoms with Crippen LogP contribution < -0.4 is 10.3 Å². The summed E-state index contributed by atoms with van der Waals surface area (Å²) in [6.45, 7) is 1.60. The molecule has 0 saturated carbocycles. The second-order valence-corrected chi connectivity index (χ2v) is 5.52. The highest BCUT2D eigenvalue weighted by Gasteiger charge is 2.35. The lowest BCUT2D eigenvalue weighted by Crippen LogP contribution is -2.30. The number of halogens is 3. The lowest BCUT2D eigenvalue weighted by atomic mass is 9.86. The molecule has 0 unspecified atom stereocenters. The summed E-state index contributed by atoms with van der Waals surface area (Å²) in [6, 6.07) is 1.39. The first-order chi connectivity index (χ1) is 12.3. The maximum atomic E-state index is 13.6. The number of ether oxygens (including phenoxy) is 2. The summed E-state index contributed by atoms with van der Waals surface area (Å²) in [5, 5.41) is 0. The summed E-state index contributed by atoms with van der Waals surface area (Å²) >= 11 is 0. The zero-order chi connectivity index (χ0) is 19.0. The topological polar surface area (TPSA) is 85.5 Å². The Kier molecular flexibility index (Phi) is 4.54. The fraction of sp³-hybridized carbons (Fsp3) is 0.235. The van der Waals surface area contributed by atoms with Crippen molar-refractivity contribution in [1.82, 2.24) is 4.98 Å². The van der Waals surface area contributed by atoms with Gasteiger partial charge in [0.15, 0.2) is 23.2 Å². The summed E-state index contributed by atoms with van der Waals surface area (Å²) in [4.78, 5) is 38.5. The number of esters is 2. The van der Waals surface area contributed by atoms with Gasteiger partial charge >= 0.3 is 11.9 Å². The van der Waals surface area contributed by atoms with E-state index in [9.17, 15) is 27.6 Å². The van der Waals surface area contributed by atoms with Crippen LogP contribution in [-0.2, 0) is 9.53 Å². The van der Waals surface area contributed by atoms with Gasteiger partial charge in [-0.3, -0.25) is 9.59 Å². The molecule has 1 N–H and O–H groups in total. The van der Waals surface area contributed by atoms with Gasteiger partial charge in [-0.1, -0.05) is 0 Å². The fourth-order valence-electron chi connectivity index (χ4n) is 2.80. The molecule has 0 amide bonds. The van der Waals surface area contributed by atoms with Gasteiger partial charge in [0, 0.05) is 12.1 Å². The number of benzene rings is 1. The van der Waals surface area contributed by atoms with Crippen LogP contribution in [0.4, 0.5) is 13.2 Å². The third-order valence-corrected chi connectivity index (χ3v) is 3.92. The first kappa shape index (κ1) is 17.7. The highest BCUT2D eigenvalue weighted by atomic mass is 19.2. The number of carbonyl (C=O) groups excluding carboxylic acids is 2. The molecule has 9 heteroatoms. The van der Waals surface area contributed by atoms with E-state index < -0.39 is 47.3 Å². The Bertz CT molecular complexity index is 946. The average molecular weight is 367 g/mol. The van der Waals surface area contributed by atoms with Crippen molar-refractivity contribution >= 4 is 11.9 Å². The molecule has 0 fully saturated rings. The molecule has 6 nitrogen and oxygen atoms in total. The Balaban J connectivity index is 2.21. The summed E-state index contributed by atoms with van der Waals surface area (Å²) in [5.74, 6) is -7.69. The first-order valence-electron chi connectivity index (χ1n) is 7.61. The predicted octanol–water partition coefficient (Wildman–Crippen LogP) is 2.41. The standard InChI is InChI=1S/C17H12F3NO5/c1-2-25-17(24)9-6-21-16(23)13-8(5-12(22)26-15(9)13)7-3-10(18)14(20)11(19)4-7/h3-4,6,8H,2,5H2,1H3,(H,21,23)/t8-/m1/s1. The molecule has 0 aliphatic carbocycles. The number of fused-ring (bicyclic) bond motifs is 1. The highest BCUT2D eigenvalue weighted by molar-refractivity contribution is 5.94. The second kappa shape index (κ2) is 6.66. The van der Waals surface area contributed by atoms with Gasteiger partial charge in [0.25, 0.3) is 5.56 Å². The van der Waals surface area contributed by atoms with Crippen molar-refractivity contribution in [2.24, 2.45) is 0 Å². The van der Waals surface area contributed by atoms with Gasteiger partial charge in [0.1, 0.15) is 5.56 Å². The third-order valence-electron chi connectivity index (χ3n) is 3.92. The van der Waals surface area contributed by atoms with Crippen LogP contribution in [0.15, 0.2) is 23.1 Å². The third kappa shape index (κ3) is 2.96. The summed E-state index contributed by atoms with van der Waals surface area (Å²) in [7, 11) is 0. The summed E-state index contributed by atoms with van der Waals surface area (Å²) in [6.07, 6.45) is 0.619. The van der Waals surface area contributed by atoms with Gasteiger partial charge < -0.3 is 14.5 Å². The monoisotopic (exact) mass is 367 g/mol. The normalized spacial score (nSPS) is 16.0. The molecule has 0 radical (unpaired) electrons. The minimum atomic E-state index is -1.67. The summed E-state index contributed by atoms with van der Waals surface area (Å²) in [5.41, 5.74) is -1.22. The SMILES string of the molecule is CCOC(=O)c1c[nH]c(=O)c2c1OC(=O)C[C@@H]2c1cc(F)c(F)c(F)c1. The van der Waals surface area contributed by atoms with Crippen molar-refractivity contribution in [3.63, 3.8) is 0 Å². The maximum absolute atomic E-state index is 13.6. The Morgan fingerprint density at radius 3 is 2.54 bits per heavy atom. The minimum Gasteiger partial charge on any atom is -0.462 e. The predicted molar refractivity (Wildman–Crippen MR) is 81.4 cm³/mol. The van der Waals surface area contributed by atoms with Crippen LogP contribution in [0.2, 0.25) is 0 Å². The van der Waals surface area contributed by atoms with E-state index in [4.69, 9.17) is 9.47 Å². The van der Waals surface area contributed by atoms with E-state index in [1.807, 2.05) is 0 Å². The van der Waals surface area contributed by atoms with Crippen molar-refractivity contribution < 1.29 is 32.2 Å². The van der Waals surface area contributed by atoms with Gasteiger partial charge in [0.2, 0.25) is 0 Å². The summed E-state index contributed by atoms with van der Waals surface area (Å²) < 4.78 is 50.3. The molecule has 0 saturated heterocycles. The quantitative estimate of drug-likeness (QED) is 0.665.